The van der Waals surface area contributed by atoms with Gasteiger partial charge in [-0.15, -0.1) is 0 Å². The number of halogens is 1. The number of rotatable bonds is 5. The number of amides is 2. The van der Waals surface area contributed by atoms with Crippen molar-refractivity contribution in [2.24, 2.45) is 11.8 Å². The van der Waals surface area contributed by atoms with Crippen LogP contribution in [0.5, 0.6) is 0 Å². The Bertz CT molecular complexity index is 346. The normalized spacial score (nSPS) is 22.8. The molecule has 0 saturated carbocycles. The molecule has 1 aliphatic rings. The SMILES string of the molecule is CC(C)C[C@H](O)[C@H](Br)C(=O)N1C(=O)OC[C@@H]1C(C)C. The van der Waals surface area contributed by atoms with Crippen LogP contribution in [0.1, 0.15) is 34.1 Å². The first kappa shape index (κ1) is 16.4. The van der Waals surface area contributed by atoms with Crippen molar-refractivity contribution in [2.45, 2.75) is 51.1 Å². The molecule has 0 aromatic heterocycles. The van der Waals surface area contributed by atoms with Gasteiger partial charge in [0.25, 0.3) is 0 Å². The fourth-order valence-corrected chi connectivity index (χ4v) is 2.52. The molecule has 1 aliphatic heterocycles. The summed E-state index contributed by atoms with van der Waals surface area (Å²) >= 11 is 3.20. The molecule has 0 radical (unpaired) electrons. The summed E-state index contributed by atoms with van der Waals surface area (Å²) in [7, 11) is 0. The Hall–Kier alpha value is -0.620. The van der Waals surface area contributed by atoms with Crippen molar-refractivity contribution in [1.82, 2.24) is 4.90 Å². The van der Waals surface area contributed by atoms with E-state index in [1.54, 1.807) is 0 Å². The van der Waals surface area contributed by atoms with Crippen molar-refractivity contribution in [3.63, 3.8) is 0 Å². The number of aliphatic hydroxyl groups excluding tert-OH is 1. The summed E-state index contributed by atoms with van der Waals surface area (Å²) in [5.41, 5.74) is 0. The predicted molar refractivity (Wildman–Crippen MR) is 75.0 cm³/mol. The van der Waals surface area contributed by atoms with E-state index in [0.29, 0.717) is 6.42 Å². The molecule has 6 heteroatoms. The molecule has 5 nitrogen and oxygen atoms in total. The van der Waals surface area contributed by atoms with Crippen LogP contribution in [-0.4, -0.2) is 45.6 Å². The Kier molecular flexibility index (Phi) is 5.80. The molecule has 1 fully saturated rings. The summed E-state index contributed by atoms with van der Waals surface area (Å²) in [6.07, 6.45) is -0.935. The van der Waals surface area contributed by atoms with Gasteiger partial charge in [0.15, 0.2) is 0 Å². The van der Waals surface area contributed by atoms with Crippen molar-refractivity contribution in [2.75, 3.05) is 6.61 Å². The molecule has 2 amide bonds. The second-order valence-corrected chi connectivity index (χ2v) is 6.68. The van der Waals surface area contributed by atoms with Gasteiger partial charge in [0.05, 0.1) is 12.1 Å². The zero-order valence-electron chi connectivity index (χ0n) is 11.8. The van der Waals surface area contributed by atoms with E-state index in [4.69, 9.17) is 4.74 Å². The number of cyclic esters (lactones) is 1. The van der Waals surface area contributed by atoms with E-state index in [1.807, 2.05) is 27.7 Å². The Morgan fingerprint density at radius 1 is 1.47 bits per heavy atom. The summed E-state index contributed by atoms with van der Waals surface area (Å²) in [6, 6.07) is -0.258. The molecule has 1 heterocycles. The predicted octanol–water partition coefficient (Wildman–Crippen LogP) is 2.16. The van der Waals surface area contributed by atoms with E-state index in [2.05, 4.69) is 15.9 Å². The zero-order valence-corrected chi connectivity index (χ0v) is 13.4. The van der Waals surface area contributed by atoms with Gasteiger partial charge in [0.2, 0.25) is 5.91 Å². The third-order valence-corrected chi connectivity index (χ3v) is 4.20. The fourth-order valence-electron chi connectivity index (χ4n) is 2.08. The van der Waals surface area contributed by atoms with Crippen LogP contribution in [0.15, 0.2) is 0 Å². The van der Waals surface area contributed by atoms with Crippen LogP contribution < -0.4 is 0 Å². The van der Waals surface area contributed by atoms with Gasteiger partial charge in [-0.05, 0) is 18.3 Å². The molecule has 0 aromatic carbocycles. The number of alkyl halides is 1. The second kappa shape index (κ2) is 6.70. The highest BCUT2D eigenvalue weighted by Crippen LogP contribution is 2.24. The first-order chi connectivity index (χ1) is 8.75. The van der Waals surface area contributed by atoms with Crippen molar-refractivity contribution < 1.29 is 19.4 Å². The summed E-state index contributed by atoms with van der Waals surface area (Å²) in [5, 5.41) is 9.98. The number of carbonyl (C=O) groups excluding carboxylic acids is 2. The molecule has 19 heavy (non-hydrogen) atoms. The minimum atomic E-state index is -0.811. The first-order valence-corrected chi connectivity index (χ1v) is 7.49. The van der Waals surface area contributed by atoms with Crippen LogP contribution in [0.2, 0.25) is 0 Å². The Morgan fingerprint density at radius 3 is 2.53 bits per heavy atom. The van der Waals surface area contributed by atoms with Crippen molar-refractivity contribution in [3.8, 4) is 0 Å². The lowest BCUT2D eigenvalue weighted by Gasteiger charge is -2.26. The van der Waals surface area contributed by atoms with Crippen LogP contribution >= 0.6 is 15.9 Å². The highest BCUT2D eigenvalue weighted by Gasteiger charge is 2.43. The molecule has 0 unspecified atom stereocenters. The highest BCUT2D eigenvalue weighted by molar-refractivity contribution is 9.10. The maximum Gasteiger partial charge on any atom is 0.417 e. The third kappa shape index (κ3) is 3.92. The van der Waals surface area contributed by atoms with E-state index in [0.717, 1.165) is 4.90 Å². The van der Waals surface area contributed by atoms with Crippen LogP contribution in [0.25, 0.3) is 0 Å². The average Bonchev–Trinajstić information content (AvgIpc) is 2.68. The molecule has 1 saturated heterocycles. The van der Waals surface area contributed by atoms with Gasteiger partial charge in [0.1, 0.15) is 11.4 Å². The average molecular weight is 336 g/mol. The molecular formula is C13H22BrNO4. The van der Waals surface area contributed by atoms with Gasteiger partial charge >= 0.3 is 6.09 Å². The lowest BCUT2D eigenvalue weighted by molar-refractivity contribution is -0.131. The Morgan fingerprint density at radius 2 is 2.05 bits per heavy atom. The summed E-state index contributed by atoms with van der Waals surface area (Å²) < 4.78 is 4.94. The number of hydrogen-bond donors (Lipinski definition) is 1. The second-order valence-electron chi connectivity index (χ2n) is 5.70. The third-order valence-electron chi connectivity index (χ3n) is 3.20. The van der Waals surface area contributed by atoms with Crippen molar-refractivity contribution >= 4 is 27.9 Å². The number of aliphatic hydroxyl groups is 1. The largest absolute Gasteiger partial charge is 0.447 e. The quantitative estimate of drug-likeness (QED) is 0.782. The lowest BCUT2D eigenvalue weighted by atomic mass is 10.0. The molecule has 1 rings (SSSR count). The number of hydrogen-bond acceptors (Lipinski definition) is 4. The van der Waals surface area contributed by atoms with E-state index >= 15 is 0 Å². The van der Waals surface area contributed by atoms with Gasteiger partial charge in [-0.1, -0.05) is 43.6 Å². The van der Waals surface area contributed by atoms with Crippen LogP contribution in [0, 0.1) is 11.8 Å². The number of imide groups is 1. The Labute approximate surface area is 122 Å². The molecule has 0 aromatic rings. The Balaban J connectivity index is 2.77. The van der Waals surface area contributed by atoms with Crippen LogP contribution in [-0.2, 0) is 9.53 Å². The van der Waals surface area contributed by atoms with Gasteiger partial charge < -0.3 is 9.84 Å². The zero-order chi connectivity index (χ0) is 14.7. The van der Waals surface area contributed by atoms with Crippen molar-refractivity contribution in [3.05, 3.63) is 0 Å². The smallest absolute Gasteiger partial charge is 0.417 e. The van der Waals surface area contributed by atoms with Crippen LogP contribution in [0.4, 0.5) is 4.79 Å². The molecule has 1 N–H and O–H groups in total. The molecule has 110 valence electrons. The molecule has 3 atom stereocenters. The van der Waals surface area contributed by atoms with Gasteiger partial charge in [-0.3, -0.25) is 4.79 Å². The highest BCUT2D eigenvalue weighted by atomic mass is 79.9. The number of nitrogens with zero attached hydrogens (tertiary/aromatic N) is 1. The molecule has 0 spiro atoms. The van der Waals surface area contributed by atoms with Crippen molar-refractivity contribution in [1.29, 1.82) is 0 Å². The standard InChI is InChI=1S/C13H22BrNO4/c1-7(2)5-10(16)11(14)12(17)15-9(8(3)4)6-19-13(15)18/h7-11,16H,5-6H2,1-4H3/t9-,10+,11+/m1/s1. The van der Waals surface area contributed by atoms with E-state index in [-0.39, 0.29) is 24.5 Å². The minimum Gasteiger partial charge on any atom is -0.447 e. The van der Waals surface area contributed by atoms with E-state index in [1.165, 1.54) is 0 Å². The van der Waals surface area contributed by atoms with Gasteiger partial charge in [0, 0.05) is 0 Å². The number of carbonyl (C=O) groups is 2. The fraction of sp³-hybridized carbons (Fsp3) is 0.846. The summed E-state index contributed by atoms with van der Waals surface area (Å²) in [6.45, 7) is 8.02. The maximum atomic E-state index is 12.3. The first-order valence-electron chi connectivity index (χ1n) is 6.57. The number of ether oxygens (including phenoxy) is 1. The lowest BCUT2D eigenvalue weighted by Crippen LogP contribution is -2.48. The molecule has 0 aliphatic carbocycles. The monoisotopic (exact) mass is 335 g/mol. The van der Waals surface area contributed by atoms with Gasteiger partial charge in [-0.2, -0.15) is 0 Å². The topological polar surface area (TPSA) is 66.8 Å². The summed E-state index contributed by atoms with van der Waals surface area (Å²) in [5.74, 6) is -0.0269. The van der Waals surface area contributed by atoms with E-state index in [9.17, 15) is 14.7 Å². The van der Waals surface area contributed by atoms with E-state index < -0.39 is 22.9 Å². The minimum absolute atomic E-state index is 0.123. The summed E-state index contributed by atoms with van der Waals surface area (Å²) in [4.78, 5) is 24.3. The molecular weight excluding hydrogens is 314 g/mol. The van der Waals surface area contributed by atoms with Crippen LogP contribution in [0.3, 0.4) is 0 Å². The van der Waals surface area contributed by atoms with Gasteiger partial charge in [-0.25, -0.2) is 9.69 Å². The maximum absolute atomic E-state index is 12.3. The molecule has 0 bridgehead atoms.